The Kier molecular flexibility index (Phi) is 5.65. The lowest BCUT2D eigenvalue weighted by Crippen LogP contribution is -2.18. The average molecular weight is 373 g/mol. The standard InChI is InChI=1S/C16H15N5O6/c1-19(2)11-5-3-10(4-6-11)9-17-18-16(23)13-7-12(20(24)25)8-14(15(13)22)21(26)27/h3-9,22H,1-2H3,(H,18,23)/b17-9+. The van der Waals surface area contributed by atoms with Gasteiger partial charge in [-0.05, 0) is 17.7 Å². The molecule has 0 atom stereocenters. The quantitative estimate of drug-likeness (QED) is 0.446. The summed E-state index contributed by atoms with van der Waals surface area (Å²) in [5, 5.41) is 35.3. The number of hydrogen-bond donors (Lipinski definition) is 2. The van der Waals surface area contributed by atoms with Gasteiger partial charge in [-0.3, -0.25) is 25.0 Å². The summed E-state index contributed by atoms with van der Waals surface area (Å²) in [6, 6.07) is 8.47. The molecule has 0 bridgehead atoms. The molecule has 140 valence electrons. The van der Waals surface area contributed by atoms with Crippen LogP contribution in [0.5, 0.6) is 5.75 Å². The molecule has 27 heavy (non-hydrogen) atoms. The van der Waals surface area contributed by atoms with Gasteiger partial charge in [-0.1, -0.05) is 12.1 Å². The number of phenols is 1. The summed E-state index contributed by atoms with van der Waals surface area (Å²) in [7, 11) is 3.77. The fourth-order valence-electron chi connectivity index (χ4n) is 2.11. The molecule has 0 heterocycles. The predicted molar refractivity (Wildman–Crippen MR) is 97.2 cm³/mol. The number of benzene rings is 2. The van der Waals surface area contributed by atoms with Gasteiger partial charge < -0.3 is 10.0 Å². The number of carbonyl (C=O) groups excluding carboxylic acids is 1. The Morgan fingerprint density at radius 3 is 2.30 bits per heavy atom. The number of hydrogen-bond acceptors (Lipinski definition) is 8. The third-order valence-electron chi connectivity index (χ3n) is 3.52. The van der Waals surface area contributed by atoms with Crippen LogP contribution >= 0.6 is 0 Å². The molecule has 0 aliphatic rings. The highest BCUT2D eigenvalue weighted by Crippen LogP contribution is 2.34. The van der Waals surface area contributed by atoms with Crippen molar-refractivity contribution in [3.63, 3.8) is 0 Å². The fraction of sp³-hybridized carbons (Fsp3) is 0.125. The van der Waals surface area contributed by atoms with Crippen molar-refractivity contribution in [1.82, 2.24) is 5.43 Å². The number of rotatable bonds is 6. The number of nitrogens with zero attached hydrogens (tertiary/aromatic N) is 4. The zero-order valence-electron chi connectivity index (χ0n) is 14.3. The lowest BCUT2D eigenvalue weighted by atomic mass is 10.1. The number of nitro groups is 2. The lowest BCUT2D eigenvalue weighted by molar-refractivity contribution is -0.394. The maximum atomic E-state index is 12.1. The monoisotopic (exact) mass is 373 g/mol. The lowest BCUT2D eigenvalue weighted by Gasteiger charge is -2.11. The van der Waals surface area contributed by atoms with Crippen molar-refractivity contribution in [3.05, 3.63) is 67.8 Å². The van der Waals surface area contributed by atoms with Gasteiger partial charge in [-0.15, -0.1) is 0 Å². The van der Waals surface area contributed by atoms with Crippen LogP contribution in [0.3, 0.4) is 0 Å². The minimum atomic E-state index is -1.03. The first kappa shape index (κ1) is 19.3. The molecule has 2 aromatic rings. The molecule has 11 heteroatoms. The molecule has 0 radical (unpaired) electrons. The van der Waals surface area contributed by atoms with Crippen molar-refractivity contribution in [1.29, 1.82) is 0 Å². The van der Waals surface area contributed by atoms with Gasteiger partial charge in [0.05, 0.1) is 27.7 Å². The molecule has 0 aliphatic carbocycles. The van der Waals surface area contributed by atoms with Crippen molar-refractivity contribution >= 4 is 29.2 Å². The van der Waals surface area contributed by atoms with E-state index in [-0.39, 0.29) is 0 Å². The van der Waals surface area contributed by atoms with Crippen LogP contribution in [0.4, 0.5) is 17.1 Å². The number of aromatic hydroxyl groups is 1. The van der Waals surface area contributed by atoms with Crippen LogP contribution in [0.2, 0.25) is 0 Å². The second-order valence-corrected chi connectivity index (χ2v) is 5.56. The molecular weight excluding hydrogens is 358 g/mol. The van der Waals surface area contributed by atoms with Crippen LogP contribution in [0.15, 0.2) is 41.5 Å². The summed E-state index contributed by atoms with van der Waals surface area (Å²) in [6.07, 6.45) is 1.32. The average Bonchev–Trinajstić information content (AvgIpc) is 2.61. The van der Waals surface area contributed by atoms with E-state index >= 15 is 0 Å². The van der Waals surface area contributed by atoms with Crippen LogP contribution in [0.1, 0.15) is 15.9 Å². The first-order chi connectivity index (χ1) is 12.7. The smallest absolute Gasteiger partial charge is 0.318 e. The van der Waals surface area contributed by atoms with Crippen LogP contribution < -0.4 is 10.3 Å². The highest BCUT2D eigenvalue weighted by molar-refractivity contribution is 5.99. The van der Waals surface area contributed by atoms with Gasteiger partial charge in [0.15, 0.2) is 0 Å². The van der Waals surface area contributed by atoms with E-state index in [4.69, 9.17) is 0 Å². The Morgan fingerprint density at radius 2 is 1.78 bits per heavy atom. The van der Waals surface area contributed by atoms with Crippen molar-refractivity contribution in [2.75, 3.05) is 19.0 Å². The van der Waals surface area contributed by atoms with E-state index in [0.717, 1.165) is 11.8 Å². The molecule has 0 saturated carbocycles. The second-order valence-electron chi connectivity index (χ2n) is 5.56. The number of nitro benzene ring substituents is 2. The third-order valence-corrected chi connectivity index (χ3v) is 3.52. The first-order valence-electron chi connectivity index (χ1n) is 7.47. The minimum absolute atomic E-state index is 0.571. The Bertz CT molecular complexity index is 924. The Balaban J connectivity index is 2.22. The van der Waals surface area contributed by atoms with E-state index in [1.165, 1.54) is 6.21 Å². The first-order valence-corrected chi connectivity index (χ1v) is 7.47. The third kappa shape index (κ3) is 4.54. The molecule has 0 aliphatic heterocycles. The summed E-state index contributed by atoms with van der Waals surface area (Å²) >= 11 is 0. The molecule has 0 aromatic heterocycles. The summed E-state index contributed by atoms with van der Waals surface area (Å²) in [5.74, 6) is -2.01. The van der Waals surface area contributed by atoms with Crippen LogP contribution in [-0.4, -0.2) is 41.2 Å². The zero-order chi connectivity index (χ0) is 20.1. The maximum Gasteiger partial charge on any atom is 0.318 e. The predicted octanol–water partition coefficient (Wildman–Crippen LogP) is 2.04. The SMILES string of the molecule is CN(C)c1ccc(/C=N/NC(=O)c2cc([N+](=O)[O-])cc([N+](=O)[O-])c2O)cc1. The van der Waals surface area contributed by atoms with Gasteiger partial charge in [0.2, 0.25) is 5.75 Å². The minimum Gasteiger partial charge on any atom is -0.502 e. The van der Waals surface area contributed by atoms with Crippen molar-refractivity contribution in [3.8, 4) is 5.75 Å². The summed E-state index contributed by atoms with van der Waals surface area (Å²) < 4.78 is 0. The molecule has 2 N–H and O–H groups in total. The van der Waals surface area contributed by atoms with E-state index in [1.807, 2.05) is 31.1 Å². The number of anilines is 1. The largest absolute Gasteiger partial charge is 0.502 e. The molecule has 11 nitrogen and oxygen atoms in total. The Morgan fingerprint density at radius 1 is 1.15 bits per heavy atom. The van der Waals surface area contributed by atoms with Gasteiger partial charge in [0.1, 0.15) is 0 Å². The molecule has 2 aromatic carbocycles. The maximum absolute atomic E-state index is 12.1. The zero-order valence-corrected chi connectivity index (χ0v) is 14.3. The van der Waals surface area contributed by atoms with E-state index in [9.17, 15) is 30.1 Å². The van der Waals surface area contributed by atoms with Crippen molar-refractivity contribution in [2.45, 2.75) is 0 Å². The van der Waals surface area contributed by atoms with Crippen LogP contribution in [0.25, 0.3) is 0 Å². The summed E-state index contributed by atoms with van der Waals surface area (Å²) in [6.45, 7) is 0. The molecular formula is C16H15N5O6. The number of non-ortho nitro benzene ring substituents is 1. The number of nitrogens with one attached hydrogen (secondary N) is 1. The van der Waals surface area contributed by atoms with Gasteiger partial charge in [-0.2, -0.15) is 5.10 Å². The molecule has 0 unspecified atom stereocenters. The van der Waals surface area contributed by atoms with Crippen molar-refractivity contribution in [2.24, 2.45) is 5.10 Å². The van der Waals surface area contributed by atoms with Crippen molar-refractivity contribution < 1.29 is 19.7 Å². The highest BCUT2D eigenvalue weighted by atomic mass is 16.6. The topological polar surface area (TPSA) is 151 Å². The van der Waals surface area contributed by atoms with E-state index in [2.05, 4.69) is 10.5 Å². The Labute approximate surface area is 152 Å². The van der Waals surface area contributed by atoms with Crippen LogP contribution in [-0.2, 0) is 0 Å². The highest BCUT2D eigenvalue weighted by Gasteiger charge is 2.27. The molecule has 1 amide bonds. The summed E-state index contributed by atoms with van der Waals surface area (Å²) in [5.41, 5.74) is 1.42. The molecule has 0 fully saturated rings. The van der Waals surface area contributed by atoms with E-state index in [1.54, 1.807) is 12.1 Å². The van der Waals surface area contributed by atoms with Crippen LogP contribution in [0, 0.1) is 20.2 Å². The van der Waals surface area contributed by atoms with Gasteiger partial charge in [0, 0.05) is 25.8 Å². The van der Waals surface area contributed by atoms with E-state index in [0.29, 0.717) is 11.6 Å². The number of phenolic OH excluding ortho intramolecular Hbond substituents is 1. The van der Waals surface area contributed by atoms with Gasteiger partial charge in [-0.25, -0.2) is 5.43 Å². The van der Waals surface area contributed by atoms with Gasteiger partial charge in [0.25, 0.3) is 11.6 Å². The summed E-state index contributed by atoms with van der Waals surface area (Å²) in [4.78, 5) is 33.9. The Hall–Kier alpha value is -4.02. The molecule has 0 spiro atoms. The molecule has 2 rings (SSSR count). The normalized spacial score (nSPS) is 10.6. The van der Waals surface area contributed by atoms with E-state index < -0.39 is 38.4 Å². The molecule has 0 saturated heterocycles. The fourth-order valence-corrected chi connectivity index (χ4v) is 2.11. The number of amides is 1. The second kappa shape index (κ2) is 7.91. The number of carbonyl (C=O) groups is 1. The number of hydrazone groups is 1. The van der Waals surface area contributed by atoms with Gasteiger partial charge >= 0.3 is 5.69 Å².